The molecule has 0 aromatic heterocycles. The Morgan fingerprint density at radius 3 is 2.68 bits per heavy atom. The maximum absolute atomic E-state index is 11.7. The smallest absolute Gasteiger partial charge is 0.305 e. The highest BCUT2D eigenvalue weighted by atomic mass is 16.7. The average molecular weight is 381 g/mol. The van der Waals surface area contributed by atoms with Crippen molar-refractivity contribution in [3.63, 3.8) is 0 Å². The third kappa shape index (κ3) is 2.22. The molecule has 4 aliphatic rings. The van der Waals surface area contributed by atoms with Crippen molar-refractivity contribution in [2.45, 2.75) is 31.3 Å². The Morgan fingerprint density at radius 2 is 1.82 bits per heavy atom. The summed E-state index contributed by atoms with van der Waals surface area (Å²) < 4.78 is 22.4. The first-order chi connectivity index (χ1) is 13.7. The van der Waals surface area contributed by atoms with E-state index in [1.54, 1.807) is 0 Å². The summed E-state index contributed by atoms with van der Waals surface area (Å²) in [7, 11) is 0. The zero-order valence-corrected chi connectivity index (χ0v) is 15.1. The number of carbonyl (C=O) groups is 1. The molecular weight excluding hydrogens is 362 g/mol. The minimum atomic E-state index is -0.815. The molecule has 0 saturated carbocycles. The molecule has 0 fully saturated rings. The van der Waals surface area contributed by atoms with Crippen LogP contribution in [0.15, 0.2) is 24.3 Å². The van der Waals surface area contributed by atoms with Crippen LogP contribution in [0.25, 0.3) is 0 Å². The second-order valence-corrected chi connectivity index (χ2v) is 7.60. The number of benzene rings is 2. The number of carboxylic acid groups (broad SMARTS) is 1. The van der Waals surface area contributed by atoms with Gasteiger partial charge in [-0.15, -0.1) is 0 Å². The molecule has 1 N–H and O–H groups in total. The first kappa shape index (κ1) is 16.1. The summed E-state index contributed by atoms with van der Waals surface area (Å²) in [5, 5.41) is 9.62. The second-order valence-electron chi connectivity index (χ2n) is 7.60. The van der Waals surface area contributed by atoms with Gasteiger partial charge in [-0.1, -0.05) is 6.07 Å². The summed E-state index contributed by atoms with van der Waals surface area (Å²) >= 11 is 0. The molecule has 4 heterocycles. The van der Waals surface area contributed by atoms with Crippen LogP contribution in [0.2, 0.25) is 0 Å². The van der Waals surface area contributed by atoms with Crippen LogP contribution in [0.5, 0.6) is 23.0 Å². The Bertz CT molecular complexity index is 1000. The van der Waals surface area contributed by atoms with Crippen molar-refractivity contribution < 1.29 is 28.8 Å². The summed E-state index contributed by atoms with van der Waals surface area (Å²) in [6.45, 7) is 1.22. The third-order valence-electron chi connectivity index (χ3n) is 6.22. The van der Waals surface area contributed by atoms with Crippen LogP contribution in [0, 0.1) is 0 Å². The summed E-state index contributed by atoms with van der Waals surface area (Å²) in [5.74, 6) is 2.16. The van der Waals surface area contributed by atoms with Crippen LogP contribution < -0.4 is 18.9 Å². The standard InChI is InChI=1S/C21H19NO6/c23-19(24)8-15-20-12(1-2-16-21(20)28-10-25-16)5-14-13-7-18-17(26-9-27-18)6-11(13)3-4-22(14)15/h1-2,6-7,14-15H,3-5,8-10H2,(H,23,24). The monoisotopic (exact) mass is 381 g/mol. The average Bonchev–Trinajstić information content (AvgIpc) is 3.34. The topological polar surface area (TPSA) is 77.5 Å². The van der Waals surface area contributed by atoms with Crippen LogP contribution in [-0.4, -0.2) is 36.1 Å². The number of ether oxygens (including phenoxy) is 4. The second kappa shape index (κ2) is 5.78. The number of fused-ring (bicyclic) bond motifs is 7. The molecule has 4 aliphatic heterocycles. The minimum Gasteiger partial charge on any atom is -0.481 e. The number of carboxylic acids is 1. The van der Waals surface area contributed by atoms with Crippen LogP contribution in [-0.2, 0) is 17.6 Å². The van der Waals surface area contributed by atoms with Crippen LogP contribution in [0.1, 0.15) is 40.8 Å². The van der Waals surface area contributed by atoms with Gasteiger partial charge in [0.1, 0.15) is 0 Å². The molecule has 6 rings (SSSR count). The molecule has 2 atom stereocenters. The zero-order valence-electron chi connectivity index (χ0n) is 15.1. The number of hydrogen-bond donors (Lipinski definition) is 1. The fraction of sp³-hybridized carbons (Fsp3) is 0.381. The van der Waals surface area contributed by atoms with Crippen molar-refractivity contribution >= 4 is 5.97 Å². The molecule has 144 valence electrons. The lowest BCUT2D eigenvalue weighted by Gasteiger charge is -2.46. The van der Waals surface area contributed by atoms with Crippen LogP contribution in [0.4, 0.5) is 0 Å². The van der Waals surface area contributed by atoms with E-state index in [-0.39, 0.29) is 32.1 Å². The van der Waals surface area contributed by atoms with Crippen LogP contribution in [0.3, 0.4) is 0 Å². The third-order valence-corrected chi connectivity index (χ3v) is 6.22. The number of aliphatic carboxylic acids is 1. The van der Waals surface area contributed by atoms with Gasteiger partial charge in [0, 0.05) is 24.2 Å². The van der Waals surface area contributed by atoms with Crippen molar-refractivity contribution in [1.82, 2.24) is 4.90 Å². The van der Waals surface area contributed by atoms with Gasteiger partial charge in [0.05, 0.1) is 6.42 Å². The zero-order chi connectivity index (χ0) is 18.8. The van der Waals surface area contributed by atoms with Gasteiger partial charge in [-0.3, -0.25) is 9.69 Å². The Morgan fingerprint density at radius 1 is 1.04 bits per heavy atom. The molecule has 2 unspecified atom stereocenters. The highest BCUT2D eigenvalue weighted by molar-refractivity contribution is 5.69. The highest BCUT2D eigenvalue weighted by Crippen LogP contribution is 2.52. The van der Waals surface area contributed by atoms with Gasteiger partial charge in [0.15, 0.2) is 23.0 Å². The van der Waals surface area contributed by atoms with E-state index in [0.717, 1.165) is 42.0 Å². The fourth-order valence-corrected chi connectivity index (χ4v) is 5.05. The van der Waals surface area contributed by atoms with Crippen molar-refractivity contribution in [2.24, 2.45) is 0 Å². The van der Waals surface area contributed by atoms with Crippen molar-refractivity contribution in [1.29, 1.82) is 0 Å². The van der Waals surface area contributed by atoms with E-state index in [9.17, 15) is 9.90 Å². The molecule has 0 radical (unpaired) electrons. The van der Waals surface area contributed by atoms with E-state index >= 15 is 0 Å². The molecule has 28 heavy (non-hydrogen) atoms. The molecule has 0 bridgehead atoms. The molecule has 2 aromatic rings. The predicted molar refractivity (Wildman–Crippen MR) is 97.0 cm³/mol. The molecule has 2 aromatic carbocycles. The fourth-order valence-electron chi connectivity index (χ4n) is 5.05. The maximum Gasteiger partial charge on any atom is 0.305 e. The summed E-state index contributed by atoms with van der Waals surface area (Å²) in [6.07, 6.45) is 1.68. The molecule has 0 spiro atoms. The number of hydrogen-bond acceptors (Lipinski definition) is 6. The predicted octanol–water partition coefficient (Wildman–Crippen LogP) is 2.82. The van der Waals surface area contributed by atoms with E-state index in [1.807, 2.05) is 6.07 Å². The molecule has 7 nitrogen and oxygen atoms in total. The van der Waals surface area contributed by atoms with E-state index in [1.165, 1.54) is 11.1 Å². The highest BCUT2D eigenvalue weighted by Gasteiger charge is 2.42. The normalized spacial score (nSPS) is 23.7. The quantitative estimate of drug-likeness (QED) is 0.857. The van der Waals surface area contributed by atoms with E-state index in [0.29, 0.717) is 11.5 Å². The minimum absolute atomic E-state index is 0.0310. The Kier molecular flexibility index (Phi) is 3.32. The van der Waals surface area contributed by atoms with E-state index in [4.69, 9.17) is 18.9 Å². The maximum atomic E-state index is 11.7. The lowest BCUT2D eigenvalue weighted by Crippen LogP contribution is -2.43. The van der Waals surface area contributed by atoms with Crippen molar-refractivity contribution in [3.8, 4) is 23.0 Å². The molecule has 7 heteroatoms. The van der Waals surface area contributed by atoms with E-state index in [2.05, 4.69) is 23.1 Å². The largest absolute Gasteiger partial charge is 0.481 e. The number of nitrogens with zero attached hydrogens (tertiary/aromatic N) is 1. The van der Waals surface area contributed by atoms with Crippen molar-refractivity contribution in [2.75, 3.05) is 20.1 Å². The molecule has 0 aliphatic carbocycles. The van der Waals surface area contributed by atoms with Crippen molar-refractivity contribution in [3.05, 3.63) is 46.5 Å². The van der Waals surface area contributed by atoms with Gasteiger partial charge in [-0.05, 0) is 47.7 Å². The molecular formula is C21H19NO6. The SMILES string of the molecule is O=C(O)CC1c2c(ccc3c2OCO3)CC2c3cc4c(cc3CCN21)OCO4. The first-order valence-electron chi connectivity index (χ1n) is 9.50. The lowest BCUT2D eigenvalue weighted by molar-refractivity contribution is -0.139. The van der Waals surface area contributed by atoms with E-state index < -0.39 is 5.97 Å². The van der Waals surface area contributed by atoms with Gasteiger partial charge < -0.3 is 24.1 Å². The lowest BCUT2D eigenvalue weighted by atomic mass is 9.79. The Labute approximate surface area is 161 Å². The molecule has 0 amide bonds. The van der Waals surface area contributed by atoms with Gasteiger partial charge >= 0.3 is 5.97 Å². The van der Waals surface area contributed by atoms with Gasteiger partial charge in [-0.2, -0.15) is 0 Å². The first-order valence-corrected chi connectivity index (χ1v) is 9.50. The van der Waals surface area contributed by atoms with Gasteiger partial charge in [0.2, 0.25) is 13.6 Å². The Hall–Kier alpha value is -2.93. The van der Waals surface area contributed by atoms with Crippen LogP contribution >= 0.6 is 0 Å². The Balaban J connectivity index is 1.49. The van der Waals surface area contributed by atoms with Gasteiger partial charge in [0.25, 0.3) is 0 Å². The summed E-state index contributed by atoms with van der Waals surface area (Å²) in [6, 6.07) is 7.99. The molecule has 0 saturated heterocycles. The summed E-state index contributed by atoms with van der Waals surface area (Å²) in [4.78, 5) is 14.0. The summed E-state index contributed by atoms with van der Waals surface area (Å²) in [5.41, 5.74) is 4.55. The number of rotatable bonds is 2. The van der Waals surface area contributed by atoms with Gasteiger partial charge in [-0.25, -0.2) is 0 Å².